The first-order valence-corrected chi connectivity index (χ1v) is 9.19. The molecule has 0 aromatic carbocycles. The highest BCUT2D eigenvalue weighted by atomic mass is 127. The standard InChI is InChI=1S/C13H26N4O3S.HI/c1-4-14-13(15-7-5-12(18)16-10(2)3)17-11-6-8-21(19,20)9-11;/h10-11H,4-9H2,1-3H3,(H,16,18)(H2,14,15,17);1H. The van der Waals surface area contributed by atoms with Crippen molar-refractivity contribution < 1.29 is 13.2 Å². The lowest BCUT2D eigenvalue weighted by Crippen LogP contribution is -2.44. The fraction of sp³-hybridized carbons (Fsp3) is 0.846. The van der Waals surface area contributed by atoms with Gasteiger partial charge in [-0.05, 0) is 27.2 Å². The molecule has 7 nitrogen and oxygen atoms in total. The first-order valence-electron chi connectivity index (χ1n) is 7.37. The number of hydrogen-bond donors (Lipinski definition) is 3. The number of nitrogens with zero attached hydrogens (tertiary/aromatic N) is 1. The highest BCUT2D eigenvalue weighted by molar-refractivity contribution is 14.0. The molecule has 1 amide bonds. The number of amides is 1. The Kier molecular flexibility index (Phi) is 9.97. The van der Waals surface area contributed by atoms with Gasteiger partial charge in [0.1, 0.15) is 0 Å². The minimum atomic E-state index is -2.91. The summed E-state index contributed by atoms with van der Waals surface area (Å²) < 4.78 is 22.9. The van der Waals surface area contributed by atoms with Crippen molar-refractivity contribution in [3.63, 3.8) is 0 Å². The first kappa shape index (κ1) is 21.4. The van der Waals surface area contributed by atoms with Crippen LogP contribution in [0, 0.1) is 0 Å². The molecule has 0 aromatic heterocycles. The molecule has 22 heavy (non-hydrogen) atoms. The van der Waals surface area contributed by atoms with Crippen LogP contribution in [0.4, 0.5) is 0 Å². The van der Waals surface area contributed by atoms with Gasteiger partial charge in [-0.2, -0.15) is 0 Å². The van der Waals surface area contributed by atoms with E-state index in [1.807, 2.05) is 20.8 Å². The fourth-order valence-electron chi connectivity index (χ4n) is 2.09. The van der Waals surface area contributed by atoms with Gasteiger partial charge in [0.15, 0.2) is 15.8 Å². The summed E-state index contributed by atoms with van der Waals surface area (Å²) in [4.78, 5) is 15.8. The maximum absolute atomic E-state index is 11.5. The molecule has 1 fully saturated rings. The van der Waals surface area contributed by atoms with Crippen LogP contribution in [0.5, 0.6) is 0 Å². The lowest BCUT2D eigenvalue weighted by molar-refractivity contribution is -0.121. The number of aliphatic imine (C=N–C) groups is 1. The second-order valence-electron chi connectivity index (χ2n) is 5.48. The third-order valence-electron chi connectivity index (χ3n) is 2.98. The summed E-state index contributed by atoms with van der Waals surface area (Å²) in [7, 11) is -2.91. The van der Waals surface area contributed by atoms with Gasteiger partial charge in [-0.15, -0.1) is 24.0 Å². The van der Waals surface area contributed by atoms with E-state index >= 15 is 0 Å². The summed E-state index contributed by atoms with van der Waals surface area (Å²) in [5.41, 5.74) is 0. The second-order valence-corrected chi connectivity index (χ2v) is 7.71. The Morgan fingerprint density at radius 3 is 2.55 bits per heavy atom. The number of guanidine groups is 1. The molecule has 1 heterocycles. The molecular weight excluding hydrogens is 419 g/mol. The topological polar surface area (TPSA) is 99.7 Å². The zero-order valence-corrected chi connectivity index (χ0v) is 16.5. The van der Waals surface area contributed by atoms with E-state index in [9.17, 15) is 13.2 Å². The Morgan fingerprint density at radius 2 is 2.05 bits per heavy atom. The molecule has 1 rings (SSSR count). The molecule has 1 saturated heterocycles. The maximum Gasteiger partial charge on any atom is 0.222 e. The predicted octanol–water partition coefficient (Wildman–Crippen LogP) is 0.261. The molecular formula is C13H27IN4O3S. The van der Waals surface area contributed by atoms with Crippen molar-refractivity contribution in [3.8, 4) is 0 Å². The zero-order chi connectivity index (χ0) is 15.9. The van der Waals surface area contributed by atoms with Gasteiger partial charge >= 0.3 is 0 Å². The van der Waals surface area contributed by atoms with E-state index < -0.39 is 9.84 Å². The number of halogens is 1. The fourth-order valence-corrected chi connectivity index (χ4v) is 3.76. The molecule has 0 bridgehead atoms. The lowest BCUT2D eigenvalue weighted by atomic mass is 10.3. The van der Waals surface area contributed by atoms with Crippen LogP contribution in [0.3, 0.4) is 0 Å². The van der Waals surface area contributed by atoms with Crippen LogP contribution in [-0.4, -0.2) is 57.0 Å². The van der Waals surface area contributed by atoms with Crippen LogP contribution < -0.4 is 16.0 Å². The molecule has 9 heteroatoms. The Labute approximate surface area is 150 Å². The van der Waals surface area contributed by atoms with E-state index in [0.717, 1.165) is 0 Å². The normalized spacial score (nSPS) is 20.4. The molecule has 0 aliphatic carbocycles. The van der Waals surface area contributed by atoms with Crippen molar-refractivity contribution in [3.05, 3.63) is 0 Å². The van der Waals surface area contributed by atoms with Crippen LogP contribution in [0.25, 0.3) is 0 Å². The number of sulfone groups is 1. The number of carbonyl (C=O) groups excluding carboxylic acids is 1. The smallest absolute Gasteiger partial charge is 0.222 e. The number of rotatable bonds is 6. The molecule has 1 aliphatic rings. The van der Waals surface area contributed by atoms with Crippen LogP contribution in [0.1, 0.15) is 33.6 Å². The molecule has 1 unspecified atom stereocenters. The summed E-state index contributed by atoms with van der Waals surface area (Å²) in [5.74, 6) is 0.900. The number of nitrogens with one attached hydrogen (secondary N) is 3. The molecule has 0 saturated carbocycles. The Hall–Kier alpha value is -0.580. The van der Waals surface area contributed by atoms with E-state index in [4.69, 9.17) is 0 Å². The number of carbonyl (C=O) groups is 1. The van der Waals surface area contributed by atoms with Crippen molar-refractivity contribution in [2.75, 3.05) is 24.6 Å². The Bertz CT molecular complexity index is 480. The molecule has 130 valence electrons. The lowest BCUT2D eigenvalue weighted by Gasteiger charge is -2.15. The van der Waals surface area contributed by atoms with Crippen LogP contribution >= 0.6 is 24.0 Å². The van der Waals surface area contributed by atoms with E-state index in [-0.39, 0.29) is 53.5 Å². The third kappa shape index (κ3) is 8.76. The SMILES string of the molecule is CCNC(=NCCC(=O)NC(C)C)NC1CCS(=O)(=O)C1.I. The summed E-state index contributed by atoms with van der Waals surface area (Å²) >= 11 is 0. The van der Waals surface area contributed by atoms with Crippen LogP contribution in [0.15, 0.2) is 4.99 Å². The molecule has 3 N–H and O–H groups in total. The monoisotopic (exact) mass is 446 g/mol. The third-order valence-corrected chi connectivity index (χ3v) is 4.74. The molecule has 0 aromatic rings. The molecule has 1 atom stereocenters. The van der Waals surface area contributed by atoms with E-state index in [1.165, 1.54) is 0 Å². The highest BCUT2D eigenvalue weighted by Crippen LogP contribution is 2.10. The molecule has 0 spiro atoms. The van der Waals surface area contributed by atoms with Crippen molar-refractivity contribution in [2.45, 2.75) is 45.7 Å². The molecule has 1 aliphatic heterocycles. The first-order chi connectivity index (χ1) is 9.82. The maximum atomic E-state index is 11.5. The van der Waals surface area contributed by atoms with Gasteiger partial charge in [-0.1, -0.05) is 0 Å². The van der Waals surface area contributed by atoms with E-state index in [2.05, 4.69) is 20.9 Å². The van der Waals surface area contributed by atoms with E-state index in [0.29, 0.717) is 31.9 Å². The summed E-state index contributed by atoms with van der Waals surface area (Å²) in [5, 5.41) is 8.98. The Morgan fingerprint density at radius 1 is 1.36 bits per heavy atom. The van der Waals surface area contributed by atoms with Crippen LogP contribution in [-0.2, 0) is 14.6 Å². The van der Waals surface area contributed by atoms with Crippen LogP contribution in [0.2, 0.25) is 0 Å². The minimum Gasteiger partial charge on any atom is -0.357 e. The van der Waals surface area contributed by atoms with Gasteiger partial charge < -0.3 is 16.0 Å². The van der Waals surface area contributed by atoms with Gasteiger partial charge in [-0.25, -0.2) is 8.42 Å². The minimum absolute atomic E-state index is 0. The van der Waals surface area contributed by atoms with Gasteiger partial charge in [0, 0.05) is 25.0 Å². The number of hydrogen-bond acceptors (Lipinski definition) is 4. The van der Waals surface area contributed by atoms with E-state index in [1.54, 1.807) is 0 Å². The van der Waals surface area contributed by atoms with Crippen molar-refractivity contribution >= 4 is 45.7 Å². The van der Waals surface area contributed by atoms with Crippen molar-refractivity contribution in [2.24, 2.45) is 4.99 Å². The van der Waals surface area contributed by atoms with Gasteiger partial charge in [0.25, 0.3) is 0 Å². The average Bonchev–Trinajstić information content (AvgIpc) is 2.68. The quantitative estimate of drug-likeness (QED) is 0.309. The largest absolute Gasteiger partial charge is 0.357 e. The van der Waals surface area contributed by atoms with Crippen molar-refractivity contribution in [1.82, 2.24) is 16.0 Å². The van der Waals surface area contributed by atoms with Crippen molar-refractivity contribution in [1.29, 1.82) is 0 Å². The zero-order valence-electron chi connectivity index (χ0n) is 13.4. The van der Waals surface area contributed by atoms with Gasteiger partial charge in [0.2, 0.25) is 5.91 Å². The van der Waals surface area contributed by atoms with Gasteiger partial charge in [-0.3, -0.25) is 9.79 Å². The average molecular weight is 446 g/mol. The highest BCUT2D eigenvalue weighted by Gasteiger charge is 2.28. The summed E-state index contributed by atoms with van der Waals surface area (Å²) in [6.45, 7) is 6.81. The second kappa shape index (κ2) is 10.2. The predicted molar refractivity (Wildman–Crippen MR) is 99.5 cm³/mol. The molecule has 0 radical (unpaired) electrons. The Balaban J connectivity index is 0.00000441. The summed E-state index contributed by atoms with van der Waals surface area (Å²) in [6.07, 6.45) is 0.915. The summed E-state index contributed by atoms with van der Waals surface area (Å²) in [6, 6.07) is 0.0221. The van der Waals surface area contributed by atoms with Gasteiger partial charge in [0.05, 0.1) is 18.1 Å².